The van der Waals surface area contributed by atoms with E-state index in [-0.39, 0.29) is 5.82 Å². The van der Waals surface area contributed by atoms with Crippen LogP contribution < -0.4 is 10.6 Å². The van der Waals surface area contributed by atoms with E-state index in [4.69, 9.17) is 0 Å². The number of rotatable bonds is 3. The summed E-state index contributed by atoms with van der Waals surface area (Å²) in [5, 5.41) is 5.80. The summed E-state index contributed by atoms with van der Waals surface area (Å²) >= 11 is 3.30. The van der Waals surface area contributed by atoms with E-state index in [0.29, 0.717) is 17.5 Å². The predicted octanol–water partition coefficient (Wildman–Crippen LogP) is 3.47. The van der Waals surface area contributed by atoms with Gasteiger partial charge in [0.05, 0.1) is 5.69 Å². The van der Waals surface area contributed by atoms with Gasteiger partial charge in [-0.25, -0.2) is 9.37 Å². The Morgan fingerprint density at radius 3 is 2.83 bits per heavy atom. The van der Waals surface area contributed by atoms with Crippen molar-refractivity contribution in [3.8, 4) is 0 Å². The molecule has 0 saturated heterocycles. The quantitative estimate of drug-likeness (QED) is 0.911. The Labute approximate surface area is 113 Å². The van der Waals surface area contributed by atoms with Gasteiger partial charge in [0.1, 0.15) is 11.6 Å². The van der Waals surface area contributed by atoms with Gasteiger partial charge < -0.3 is 10.6 Å². The van der Waals surface area contributed by atoms with Gasteiger partial charge in [-0.05, 0) is 25.1 Å². The number of hydrogen-bond acceptors (Lipinski definition) is 4. The zero-order valence-electron chi connectivity index (χ0n) is 9.96. The molecule has 0 aliphatic heterocycles. The molecule has 0 fully saturated rings. The number of aryl methyl sites for hydroxylation is 1. The standard InChI is InChI=1S/C12H12BrFN4/c1-7-6-16-12(15-2)18-11(7)17-10-5-8(13)3-4-9(10)14/h3-6H,1-2H3,(H2,15,16,17,18). The summed E-state index contributed by atoms with van der Waals surface area (Å²) in [5.74, 6) is 0.729. The molecule has 1 aromatic carbocycles. The zero-order valence-corrected chi connectivity index (χ0v) is 11.5. The molecule has 0 amide bonds. The van der Waals surface area contributed by atoms with Gasteiger partial charge in [0.15, 0.2) is 0 Å². The predicted molar refractivity (Wildman–Crippen MR) is 73.7 cm³/mol. The maximum absolute atomic E-state index is 13.6. The molecule has 2 rings (SSSR count). The van der Waals surface area contributed by atoms with E-state index in [9.17, 15) is 4.39 Å². The molecule has 0 aliphatic carbocycles. The van der Waals surface area contributed by atoms with Crippen molar-refractivity contribution in [2.75, 3.05) is 17.7 Å². The number of nitrogens with zero attached hydrogens (tertiary/aromatic N) is 2. The Bertz CT molecular complexity index is 574. The molecule has 0 unspecified atom stereocenters. The van der Waals surface area contributed by atoms with E-state index in [2.05, 4.69) is 36.5 Å². The van der Waals surface area contributed by atoms with E-state index in [1.54, 1.807) is 25.4 Å². The number of halogens is 2. The normalized spacial score (nSPS) is 10.2. The van der Waals surface area contributed by atoms with Crippen molar-refractivity contribution in [2.45, 2.75) is 6.92 Å². The van der Waals surface area contributed by atoms with Crippen LogP contribution in [0.25, 0.3) is 0 Å². The fourth-order valence-corrected chi connectivity index (χ4v) is 1.77. The van der Waals surface area contributed by atoms with Crippen LogP contribution in [0.5, 0.6) is 0 Å². The third-order valence-electron chi connectivity index (χ3n) is 2.38. The number of aromatic nitrogens is 2. The number of hydrogen-bond donors (Lipinski definition) is 2. The van der Waals surface area contributed by atoms with Gasteiger partial charge in [0.2, 0.25) is 5.95 Å². The average Bonchev–Trinajstić information content (AvgIpc) is 2.36. The summed E-state index contributed by atoms with van der Waals surface area (Å²) in [5.41, 5.74) is 1.21. The molecule has 0 aliphatic rings. The van der Waals surface area contributed by atoms with Gasteiger partial charge in [0, 0.05) is 23.3 Å². The van der Waals surface area contributed by atoms with Crippen molar-refractivity contribution >= 4 is 33.4 Å². The van der Waals surface area contributed by atoms with Crippen LogP contribution in [0.1, 0.15) is 5.56 Å². The molecule has 0 bridgehead atoms. The summed E-state index contributed by atoms with van der Waals surface area (Å²) in [6.45, 7) is 1.86. The maximum Gasteiger partial charge on any atom is 0.224 e. The third kappa shape index (κ3) is 2.76. The summed E-state index contributed by atoms with van der Waals surface area (Å²) in [6, 6.07) is 4.70. The molecule has 18 heavy (non-hydrogen) atoms. The van der Waals surface area contributed by atoms with Crippen LogP contribution in [0.4, 0.5) is 21.8 Å². The Morgan fingerprint density at radius 2 is 2.11 bits per heavy atom. The molecule has 1 heterocycles. The van der Waals surface area contributed by atoms with Crippen LogP contribution in [0.2, 0.25) is 0 Å². The molecular formula is C12H12BrFN4. The molecule has 0 radical (unpaired) electrons. The second kappa shape index (κ2) is 5.30. The number of anilines is 3. The number of benzene rings is 1. The smallest absolute Gasteiger partial charge is 0.224 e. The fraction of sp³-hybridized carbons (Fsp3) is 0.167. The van der Waals surface area contributed by atoms with Crippen molar-refractivity contribution in [1.29, 1.82) is 0 Å². The minimum atomic E-state index is -0.331. The lowest BCUT2D eigenvalue weighted by Crippen LogP contribution is -2.03. The van der Waals surface area contributed by atoms with E-state index < -0.39 is 0 Å². The first kappa shape index (κ1) is 12.8. The van der Waals surface area contributed by atoms with E-state index in [1.807, 2.05) is 6.92 Å². The van der Waals surface area contributed by atoms with Crippen molar-refractivity contribution in [1.82, 2.24) is 9.97 Å². The van der Waals surface area contributed by atoms with Crippen molar-refractivity contribution < 1.29 is 4.39 Å². The highest BCUT2D eigenvalue weighted by Crippen LogP contribution is 2.24. The molecule has 6 heteroatoms. The highest BCUT2D eigenvalue weighted by atomic mass is 79.9. The monoisotopic (exact) mass is 310 g/mol. The van der Waals surface area contributed by atoms with Crippen LogP contribution in [0.15, 0.2) is 28.9 Å². The van der Waals surface area contributed by atoms with Gasteiger partial charge in [-0.3, -0.25) is 0 Å². The summed E-state index contributed by atoms with van der Waals surface area (Å²) in [4.78, 5) is 8.32. The lowest BCUT2D eigenvalue weighted by molar-refractivity contribution is 0.631. The lowest BCUT2D eigenvalue weighted by atomic mass is 10.3. The van der Waals surface area contributed by atoms with Crippen LogP contribution in [0, 0.1) is 12.7 Å². The molecule has 4 nitrogen and oxygen atoms in total. The molecule has 2 N–H and O–H groups in total. The van der Waals surface area contributed by atoms with E-state index in [0.717, 1.165) is 10.0 Å². The van der Waals surface area contributed by atoms with Gasteiger partial charge in [-0.2, -0.15) is 4.98 Å². The largest absolute Gasteiger partial charge is 0.357 e. The lowest BCUT2D eigenvalue weighted by Gasteiger charge is -2.10. The van der Waals surface area contributed by atoms with Crippen LogP contribution in [-0.4, -0.2) is 17.0 Å². The fourth-order valence-electron chi connectivity index (χ4n) is 1.41. The van der Waals surface area contributed by atoms with E-state index >= 15 is 0 Å². The van der Waals surface area contributed by atoms with Crippen LogP contribution in [0.3, 0.4) is 0 Å². The Kier molecular flexibility index (Phi) is 3.76. The minimum absolute atomic E-state index is 0.331. The van der Waals surface area contributed by atoms with Gasteiger partial charge in [-0.15, -0.1) is 0 Å². The SMILES string of the molecule is CNc1ncc(C)c(Nc2cc(Br)ccc2F)n1. The van der Waals surface area contributed by atoms with Gasteiger partial charge in [-0.1, -0.05) is 15.9 Å². The maximum atomic E-state index is 13.6. The van der Waals surface area contributed by atoms with E-state index in [1.165, 1.54) is 6.07 Å². The molecule has 0 saturated carbocycles. The Morgan fingerprint density at radius 1 is 1.33 bits per heavy atom. The first-order valence-corrected chi connectivity index (χ1v) is 6.13. The molecule has 0 spiro atoms. The highest BCUT2D eigenvalue weighted by Gasteiger charge is 2.07. The second-order valence-electron chi connectivity index (χ2n) is 3.72. The summed E-state index contributed by atoms with van der Waals surface area (Å²) < 4.78 is 14.4. The summed E-state index contributed by atoms with van der Waals surface area (Å²) in [6.07, 6.45) is 1.68. The molecule has 1 aromatic heterocycles. The first-order chi connectivity index (χ1) is 8.60. The topological polar surface area (TPSA) is 49.8 Å². The summed E-state index contributed by atoms with van der Waals surface area (Å²) in [7, 11) is 1.73. The average molecular weight is 311 g/mol. The van der Waals surface area contributed by atoms with Gasteiger partial charge in [0.25, 0.3) is 0 Å². The zero-order chi connectivity index (χ0) is 13.1. The first-order valence-electron chi connectivity index (χ1n) is 5.33. The number of nitrogens with one attached hydrogen (secondary N) is 2. The van der Waals surface area contributed by atoms with Gasteiger partial charge >= 0.3 is 0 Å². The second-order valence-corrected chi connectivity index (χ2v) is 4.64. The van der Waals surface area contributed by atoms with Crippen molar-refractivity contribution in [3.63, 3.8) is 0 Å². The Hall–Kier alpha value is -1.69. The highest BCUT2D eigenvalue weighted by molar-refractivity contribution is 9.10. The molecule has 2 aromatic rings. The molecule has 94 valence electrons. The van der Waals surface area contributed by atoms with Crippen LogP contribution in [-0.2, 0) is 0 Å². The Balaban J connectivity index is 2.36. The third-order valence-corrected chi connectivity index (χ3v) is 2.87. The van der Waals surface area contributed by atoms with Crippen LogP contribution >= 0.6 is 15.9 Å². The molecule has 0 atom stereocenters. The minimum Gasteiger partial charge on any atom is -0.357 e. The van der Waals surface area contributed by atoms with Crippen molar-refractivity contribution in [3.05, 3.63) is 40.2 Å². The molecular weight excluding hydrogens is 299 g/mol. The van der Waals surface area contributed by atoms with Crippen molar-refractivity contribution in [2.24, 2.45) is 0 Å².